The summed E-state index contributed by atoms with van der Waals surface area (Å²) >= 11 is 0. The highest BCUT2D eigenvalue weighted by Gasteiger charge is 1.97. The van der Waals surface area contributed by atoms with Crippen molar-refractivity contribution < 1.29 is 0 Å². The molecule has 1 N–H and O–H groups in total. The molecule has 0 atom stereocenters. The molecule has 0 aliphatic carbocycles. The minimum atomic E-state index is 1.09. The molecule has 0 amide bonds. The summed E-state index contributed by atoms with van der Waals surface area (Å²) in [5.74, 6) is 0. The molecule has 25 heavy (non-hydrogen) atoms. The number of para-hydroxylation sites is 1. The highest BCUT2D eigenvalue weighted by Crippen LogP contribution is 2.21. The van der Waals surface area contributed by atoms with Gasteiger partial charge in [0, 0.05) is 11.4 Å². The monoisotopic (exact) mass is 321 g/mol. The Kier molecular flexibility index (Phi) is 4.30. The maximum absolute atomic E-state index is 3.40. The normalized spacial score (nSPS) is 11.0. The lowest BCUT2D eigenvalue weighted by molar-refractivity contribution is 1.54. The van der Waals surface area contributed by atoms with Crippen LogP contribution < -0.4 is 5.32 Å². The second-order valence-electron chi connectivity index (χ2n) is 6.01. The van der Waals surface area contributed by atoms with Gasteiger partial charge in [-0.3, -0.25) is 0 Å². The summed E-state index contributed by atoms with van der Waals surface area (Å²) in [4.78, 5) is 0. The molecule has 0 unspecified atom stereocenters. The maximum atomic E-state index is 3.40. The lowest BCUT2D eigenvalue weighted by atomic mass is 10.0. The molecule has 0 aliphatic heterocycles. The van der Waals surface area contributed by atoms with Crippen molar-refractivity contribution in [1.29, 1.82) is 0 Å². The summed E-state index contributed by atoms with van der Waals surface area (Å²) in [5.41, 5.74) is 4.62. The van der Waals surface area contributed by atoms with Crippen molar-refractivity contribution in [3.63, 3.8) is 0 Å². The zero-order valence-electron chi connectivity index (χ0n) is 13.9. The molecule has 120 valence electrons. The van der Waals surface area contributed by atoms with E-state index >= 15 is 0 Å². The highest BCUT2D eigenvalue weighted by molar-refractivity contribution is 5.92. The van der Waals surface area contributed by atoms with Crippen LogP contribution >= 0.6 is 0 Å². The van der Waals surface area contributed by atoms with Gasteiger partial charge >= 0.3 is 0 Å². The van der Waals surface area contributed by atoms with Crippen LogP contribution in [-0.2, 0) is 0 Å². The van der Waals surface area contributed by atoms with Crippen LogP contribution in [0.5, 0.6) is 0 Å². The van der Waals surface area contributed by atoms with Crippen LogP contribution in [0.15, 0.2) is 97.1 Å². The first-order chi connectivity index (χ1) is 12.4. The Bertz CT molecular complexity index is 994. The Morgan fingerprint density at radius 1 is 0.520 bits per heavy atom. The number of nitrogens with one attached hydrogen (secondary N) is 1. The van der Waals surface area contributed by atoms with E-state index in [4.69, 9.17) is 0 Å². The first-order valence-electron chi connectivity index (χ1n) is 8.46. The molecule has 0 radical (unpaired) electrons. The van der Waals surface area contributed by atoms with E-state index in [1.54, 1.807) is 0 Å². The van der Waals surface area contributed by atoms with Gasteiger partial charge in [-0.2, -0.15) is 0 Å². The van der Waals surface area contributed by atoms with Crippen molar-refractivity contribution in [2.24, 2.45) is 0 Å². The molecular weight excluding hydrogens is 302 g/mol. The topological polar surface area (TPSA) is 12.0 Å². The molecule has 0 fully saturated rings. The number of hydrogen-bond acceptors (Lipinski definition) is 1. The van der Waals surface area contributed by atoms with Gasteiger partial charge in [0.05, 0.1) is 0 Å². The van der Waals surface area contributed by atoms with E-state index in [0.717, 1.165) is 11.4 Å². The van der Waals surface area contributed by atoms with Crippen LogP contribution in [0.3, 0.4) is 0 Å². The summed E-state index contributed by atoms with van der Waals surface area (Å²) in [6.45, 7) is 0. The fraction of sp³-hybridized carbons (Fsp3) is 0. The van der Waals surface area contributed by atoms with Crippen molar-refractivity contribution in [3.05, 3.63) is 108 Å². The molecule has 0 aromatic heterocycles. The van der Waals surface area contributed by atoms with Gasteiger partial charge in [-0.25, -0.2) is 0 Å². The van der Waals surface area contributed by atoms with E-state index in [1.807, 2.05) is 18.2 Å². The van der Waals surface area contributed by atoms with E-state index in [-0.39, 0.29) is 0 Å². The molecule has 0 bridgehead atoms. The van der Waals surface area contributed by atoms with Gasteiger partial charge in [-0.1, -0.05) is 84.9 Å². The third-order valence-corrected chi connectivity index (χ3v) is 4.25. The Morgan fingerprint density at radius 3 is 2.04 bits per heavy atom. The van der Waals surface area contributed by atoms with Gasteiger partial charge in [0.15, 0.2) is 0 Å². The standard InChI is InChI=1S/C24H19N/c1-2-10-22(11-3-1)25-23-17-14-19(15-18-23)13-16-21-9-6-8-20-7-4-5-12-24(20)21/h1-18,25H. The molecule has 0 spiro atoms. The average Bonchev–Trinajstić information content (AvgIpc) is 2.68. The van der Waals surface area contributed by atoms with Crippen molar-refractivity contribution in [1.82, 2.24) is 0 Å². The van der Waals surface area contributed by atoms with Crippen molar-refractivity contribution in [2.45, 2.75) is 0 Å². The van der Waals surface area contributed by atoms with Crippen molar-refractivity contribution in [3.8, 4) is 0 Å². The minimum absolute atomic E-state index is 1.09. The molecule has 4 rings (SSSR count). The fourth-order valence-corrected chi connectivity index (χ4v) is 2.95. The zero-order chi connectivity index (χ0) is 16.9. The van der Waals surface area contributed by atoms with E-state index in [2.05, 4.69) is 96.3 Å². The first kappa shape index (κ1) is 15.2. The summed E-state index contributed by atoms with van der Waals surface area (Å²) < 4.78 is 0. The smallest absolute Gasteiger partial charge is 0.0384 e. The second kappa shape index (κ2) is 7.06. The summed E-state index contributed by atoms with van der Waals surface area (Å²) in [7, 11) is 0. The fourth-order valence-electron chi connectivity index (χ4n) is 2.95. The van der Waals surface area contributed by atoms with Gasteiger partial charge in [0.25, 0.3) is 0 Å². The van der Waals surface area contributed by atoms with Crippen molar-refractivity contribution in [2.75, 3.05) is 5.32 Å². The lowest BCUT2D eigenvalue weighted by Gasteiger charge is -2.06. The Balaban J connectivity index is 1.53. The second-order valence-corrected chi connectivity index (χ2v) is 6.01. The van der Waals surface area contributed by atoms with Crippen LogP contribution in [0, 0.1) is 0 Å². The highest BCUT2D eigenvalue weighted by atomic mass is 14.9. The number of rotatable bonds is 4. The van der Waals surface area contributed by atoms with E-state index in [9.17, 15) is 0 Å². The third-order valence-electron chi connectivity index (χ3n) is 4.25. The lowest BCUT2D eigenvalue weighted by Crippen LogP contribution is -1.89. The third kappa shape index (κ3) is 3.61. The largest absolute Gasteiger partial charge is 0.356 e. The van der Waals surface area contributed by atoms with Gasteiger partial charge in [-0.15, -0.1) is 0 Å². The SMILES string of the molecule is C(=Cc1cccc2ccccc12)c1ccc(Nc2ccccc2)cc1. The summed E-state index contributed by atoms with van der Waals surface area (Å²) in [6, 6.07) is 33.6. The molecule has 0 heterocycles. The number of benzene rings is 4. The summed E-state index contributed by atoms with van der Waals surface area (Å²) in [6.07, 6.45) is 4.34. The molecule has 0 aliphatic rings. The van der Waals surface area contributed by atoms with Crippen molar-refractivity contribution >= 4 is 34.3 Å². The predicted molar refractivity (Wildman–Crippen MR) is 109 cm³/mol. The van der Waals surface area contributed by atoms with E-state index < -0.39 is 0 Å². The quantitative estimate of drug-likeness (QED) is 0.410. The molecule has 0 saturated carbocycles. The molecule has 4 aromatic carbocycles. The number of anilines is 2. The van der Waals surface area contributed by atoms with E-state index in [0.29, 0.717) is 0 Å². The van der Waals surface area contributed by atoms with Crippen LogP contribution in [-0.4, -0.2) is 0 Å². The number of hydrogen-bond donors (Lipinski definition) is 1. The van der Waals surface area contributed by atoms with Crippen LogP contribution in [0.2, 0.25) is 0 Å². The molecule has 0 saturated heterocycles. The molecule has 1 nitrogen and oxygen atoms in total. The number of fused-ring (bicyclic) bond motifs is 1. The first-order valence-corrected chi connectivity index (χ1v) is 8.46. The average molecular weight is 321 g/mol. The van der Waals surface area contributed by atoms with E-state index in [1.165, 1.54) is 21.9 Å². The Hall–Kier alpha value is -3.32. The van der Waals surface area contributed by atoms with Crippen LogP contribution in [0.25, 0.3) is 22.9 Å². The Morgan fingerprint density at radius 2 is 1.20 bits per heavy atom. The van der Waals surface area contributed by atoms with Gasteiger partial charge in [-0.05, 0) is 46.2 Å². The van der Waals surface area contributed by atoms with Gasteiger partial charge in [0.2, 0.25) is 0 Å². The maximum Gasteiger partial charge on any atom is 0.0384 e. The Labute approximate surface area is 148 Å². The predicted octanol–water partition coefficient (Wildman–Crippen LogP) is 6.75. The van der Waals surface area contributed by atoms with Gasteiger partial charge < -0.3 is 5.32 Å². The van der Waals surface area contributed by atoms with Gasteiger partial charge in [0.1, 0.15) is 0 Å². The molecule has 4 aromatic rings. The van der Waals surface area contributed by atoms with Crippen LogP contribution in [0.4, 0.5) is 11.4 Å². The summed E-state index contributed by atoms with van der Waals surface area (Å²) in [5, 5.41) is 5.96. The molecular formula is C24H19N. The molecule has 1 heteroatoms. The zero-order valence-corrected chi connectivity index (χ0v) is 13.9. The minimum Gasteiger partial charge on any atom is -0.356 e. The van der Waals surface area contributed by atoms with Crippen LogP contribution in [0.1, 0.15) is 11.1 Å².